The molecule has 1 aromatic rings. The molecule has 0 unspecified atom stereocenters. The molecule has 0 aliphatic heterocycles. The molecule has 0 spiro atoms. The standard InChI is InChI=1S/C12H24N4O2S/c1-5-6-9-16(4)19(17,18)15-11(10(2)3)12-13-7-8-14-12/h7-8,10-11,15H,5-6,9H2,1-4H3,(H,13,14)/t11-/m1/s1. The molecule has 0 bridgehead atoms. The van der Waals surface area contributed by atoms with Crippen LogP contribution < -0.4 is 4.72 Å². The van der Waals surface area contributed by atoms with E-state index in [0.717, 1.165) is 12.8 Å². The van der Waals surface area contributed by atoms with Crippen molar-refractivity contribution in [2.45, 2.75) is 39.7 Å². The van der Waals surface area contributed by atoms with Gasteiger partial charge in [-0.05, 0) is 12.3 Å². The van der Waals surface area contributed by atoms with Crippen LogP contribution in [0.25, 0.3) is 0 Å². The highest BCUT2D eigenvalue weighted by Crippen LogP contribution is 2.19. The summed E-state index contributed by atoms with van der Waals surface area (Å²) in [6, 6.07) is -0.343. The van der Waals surface area contributed by atoms with E-state index in [1.165, 1.54) is 4.31 Å². The number of nitrogens with one attached hydrogen (secondary N) is 2. The molecule has 1 atom stereocenters. The van der Waals surface area contributed by atoms with E-state index in [1.54, 1.807) is 19.4 Å². The first-order valence-electron chi connectivity index (χ1n) is 6.61. The van der Waals surface area contributed by atoms with Crippen LogP contribution in [0.1, 0.15) is 45.5 Å². The molecule has 2 N–H and O–H groups in total. The average Bonchev–Trinajstić information content (AvgIpc) is 2.86. The number of hydrogen-bond donors (Lipinski definition) is 2. The van der Waals surface area contributed by atoms with Crippen molar-refractivity contribution < 1.29 is 8.42 Å². The minimum Gasteiger partial charge on any atom is -0.347 e. The van der Waals surface area contributed by atoms with E-state index in [0.29, 0.717) is 12.4 Å². The number of unbranched alkanes of at least 4 members (excludes halogenated alkanes) is 1. The highest BCUT2D eigenvalue weighted by Gasteiger charge is 2.26. The van der Waals surface area contributed by atoms with E-state index in [4.69, 9.17) is 0 Å². The SMILES string of the molecule is CCCCN(C)S(=O)(=O)N[C@@H](c1ncc[nH]1)C(C)C. The minimum atomic E-state index is -3.48. The lowest BCUT2D eigenvalue weighted by molar-refractivity contribution is 0.405. The molecule has 0 amide bonds. The molecule has 0 fully saturated rings. The predicted octanol–water partition coefficient (Wildman–Crippen LogP) is 1.67. The smallest absolute Gasteiger partial charge is 0.279 e. The summed E-state index contributed by atoms with van der Waals surface area (Å²) in [5.41, 5.74) is 0. The normalized spacial score (nSPS) is 14.2. The number of nitrogens with zero attached hydrogens (tertiary/aromatic N) is 2. The van der Waals surface area contributed by atoms with Gasteiger partial charge in [-0.25, -0.2) is 4.98 Å². The van der Waals surface area contributed by atoms with Crippen molar-refractivity contribution in [1.29, 1.82) is 0 Å². The van der Waals surface area contributed by atoms with Crippen LogP contribution in [0.15, 0.2) is 12.4 Å². The summed E-state index contributed by atoms with van der Waals surface area (Å²) in [7, 11) is -1.88. The zero-order chi connectivity index (χ0) is 14.5. The fourth-order valence-corrected chi connectivity index (χ4v) is 2.96. The fraction of sp³-hybridized carbons (Fsp3) is 0.750. The largest absolute Gasteiger partial charge is 0.347 e. The number of H-pyrrole nitrogens is 1. The molecule has 6 nitrogen and oxygen atoms in total. The monoisotopic (exact) mass is 288 g/mol. The van der Waals surface area contributed by atoms with Gasteiger partial charge in [-0.3, -0.25) is 0 Å². The Labute approximate surface area is 115 Å². The highest BCUT2D eigenvalue weighted by molar-refractivity contribution is 7.87. The van der Waals surface area contributed by atoms with Gasteiger partial charge in [0.1, 0.15) is 5.82 Å². The number of rotatable bonds is 8. The van der Waals surface area contributed by atoms with Crippen LogP contribution in [0.3, 0.4) is 0 Å². The average molecular weight is 288 g/mol. The lowest BCUT2D eigenvalue weighted by Gasteiger charge is -2.24. The Bertz CT molecular complexity index is 456. The summed E-state index contributed by atoms with van der Waals surface area (Å²) in [5.74, 6) is 0.753. The maximum atomic E-state index is 12.2. The lowest BCUT2D eigenvalue weighted by atomic mass is 10.1. The molecule has 1 rings (SSSR count). The molecule has 0 aliphatic carbocycles. The van der Waals surface area contributed by atoms with E-state index in [9.17, 15) is 8.42 Å². The highest BCUT2D eigenvalue weighted by atomic mass is 32.2. The van der Waals surface area contributed by atoms with E-state index >= 15 is 0 Å². The second-order valence-electron chi connectivity index (χ2n) is 4.99. The second-order valence-corrected chi connectivity index (χ2v) is 6.80. The molecular formula is C12H24N4O2S. The van der Waals surface area contributed by atoms with Gasteiger partial charge in [0, 0.05) is 26.0 Å². The number of imidazole rings is 1. The van der Waals surface area contributed by atoms with E-state index in [2.05, 4.69) is 14.7 Å². The van der Waals surface area contributed by atoms with Gasteiger partial charge in [-0.1, -0.05) is 27.2 Å². The van der Waals surface area contributed by atoms with Crippen LogP contribution >= 0.6 is 0 Å². The molecule has 0 radical (unpaired) electrons. The minimum absolute atomic E-state index is 0.112. The fourth-order valence-electron chi connectivity index (χ4n) is 1.71. The Morgan fingerprint density at radius 1 is 1.47 bits per heavy atom. The van der Waals surface area contributed by atoms with Gasteiger partial charge in [0.25, 0.3) is 10.2 Å². The van der Waals surface area contributed by atoms with Gasteiger partial charge in [0.2, 0.25) is 0 Å². The van der Waals surface area contributed by atoms with Crippen molar-refractivity contribution in [3.63, 3.8) is 0 Å². The Morgan fingerprint density at radius 3 is 2.63 bits per heavy atom. The number of aromatic amines is 1. The summed E-state index contributed by atoms with van der Waals surface area (Å²) in [5, 5.41) is 0. The third-order valence-corrected chi connectivity index (χ3v) is 4.55. The molecule has 0 saturated heterocycles. The van der Waals surface area contributed by atoms with Crippen molar-refractivity contribution in [2.24, 2.45) is 5.92 Å². The Morgan fingerprint density at radius 2 is 2.16 bits per heavy atom. The number of aromatic nitrogens is 2. The second kappa shape index (κ2) is 7.02. The molecule has 0 aromatic carbocycles. The molecule has 1 heterocycles. The molecule has 110 valence electrons. The molecule has 0 saturated carbocycles. The summed E-state index contributed by atoms with van der Waals surface area (Å²) in [4.78, 5) is 7.11. The first-order chi connectivity index (χ1) is 8.88. The molecule has 19 heavy (non-hydrogen) atoms. The first kappa shape index (κ1) is 16.1. The quantitative estimate of drug-likeness (QED) is 0.764. The van der Waals surface area contributed by atoms with Gasteiger partial charge in [0.15, 0.2) is 0 Å². The summed E-state index contributed by atoms with van der Waals surface area (Å²) >= 11 is 0. The maximum absolute atomic E-state index is 12.2. The van der Waals surface area contributed by atoms with Crippen LogP contribution in [-0.2, 0) is 10.2 Å². The summed E-state index contributed by atoms with van der Waals surface area (Å²) in [6.07, 6.45) is 5.13. The molecule has 7 heteroatoms. The molecule has 0 aliphatic rings. The van der Waals surface area contributed by atoms with E-state index in [-0.39, 0.29) is 12.0 Å². The molecule has 1 aromatic heterocycles. The van der Waals surface area contributed by atoms with Crippen molar-refractivity contribution in [1.82, 2.24) is 19.0 Å². The summed E-state index contributed by atoms with van der Waals surface area (Å²) in [6.45, 7) is 6.48. The Kier molecular flexibility index (Phi) is 5.96. The zero-order valence-corrected chi connectivity index (χ0v) is 12.9. The number of hydrogen-bond acceptors (Lipinski definition) is 3. The van der Waals surface area contributed by atoms with Crippen molar-refractivity contribution >= 4 is 10.2 Å². The van der Waals surface area contributed by atoms with Gasteiger partial charge >= 0.3 is 0 Å². The van der Waals surface area contributed by atoms with Gasteiger partial charge in [0.05, 0.1) is 6.04 Å². The van der Waals surface area contributed by atoms with Crippen LogP contribution in [0.2, 0.25) is 0 Å². The van der Waals surface area contributed by atoms with Gasteiger partial charge in [-0.2, -0.15) is 17.4 Å². The molecular weight excluding hydrogens is 264 g/mol. The van der Waals surface area contributed by atoms with E-state index < -0.39 is 10.2 Å². The van der Waals surface area contributed by atoms with Crippen LogP contribution in [-0.4, -0.2) is 36.3 Å². The maximum Gasteiger partial charge on any atom is 0.279 e. The van der Waals surface area contributed by atoms with E-state index in [1.807, 2.05) is 20.8 Å². The van der Waals surface area contributed by atoms with Crippen molar-refractivity contribution in [3.8, 4) is 0 Å². The van der Waals surface area contributed by atoms with Gasteiger partial charge in [-0.15, -0.1) is 0 Å². The topological polar surface area (TPSA) is 78.1 Å². The third kappa shape index (κ3) is 4.59. The third-order valence-electron chi connectivity index (χ3n) is 2.99. The lowest BCUT2D eigenvalue weighted by Crippen LogP contribution is -2.42. The predicted molar refractivity (Wildman–Crippen MR) is 75.8 cm³/mol. The van der Waals surface area contributed by atoms with Crippen LogP contribution in [0, 0.1) is 5.92 Å². The van der Waals surface area contributed by atoms with Crippen LogP contribution in [0.5, 0.6) is 0 Å². The van der Waals surface area contributed by atoms with Gasteiger partial charge < -0.3 is 4.98 Å². The van der Waals surface area contributed by atoms with Crippen LogP contribution in [0.4, 0.5) is 0 Å². The zero-order valence-electron chi connectivity index (χ0n) is 12.0. The van der Waals surface area contributed by atoms with Crippen molar-refractivity contribution in [3.05, 3.63) is 18.2 Å². The Balaban J connectivity index is 2.79. The summed E-state index contributed by atoms with van der Waals surface area (Å²) < 4.78 is 28.5. The van der Waals surface area contributed by atoms with Crippen molar-refractivity contribution in [2.75, 3.05) is 13.6 Å². The first-order valence-corrected chi connectivity index (χ1v) is 8.05. The Hall–Kier alpha value is -0.920.